The molecule has 0 aromatic heterocycles. The van der Waals surface area contributed by atoms with Gasteiger partial charge in [0.05, 0.1) is 13.2 Å². The van der Waals surface area contributed by atoms with Crippen LogP contribution in [0.3, 0.4) is 0 Å². The van der Waals surface area contributed by atoms with Crippen molar-refractivity contribution >= 4 is 5.91 Å². The van der Waals surface area contributed by atoms with Gasteiger partial charge in [0.15, 0.2) is 0 Å². The predicted octanol–water partition coefficient (Wildman–Crippen LogP) is 0.845. The van der Waals surface area contributed by atoms with Gasteiger partial charge in [-0.2, -0.15) is 0 Å². The first-order valence-electron chi connectivity index (χ1n) is 3.63. The molecule has 0 heterocycles. The van der Waals surface area contributed by atoms with Crippen molar-refractivity contribution in [1.82, 2.24) is 0 Å². The molecule has 0 spiro atoms. The topological polar surface area (TPSA) is 52.3 Å². The molecule has 0 saturated carbocycles. The van der Waals surface area contributed by atoms with E-state index < -0.39 is 0 Å². The van der Waals surface area contributed by atoms with Gasteiger partial charge in [-0.1, -0.05) is 5.57 Å². The van der Waals surface area contributed by atoms with Gasteiger partial charge in [0.25, 0.3) is 0 Å². The lowest BCUT2D eigenvalue weighted by molar-refractivity contribution is -0.119. The summed E-state index contributed by atoms with van der Waals surface area (Å²) in [5.41, 5.74) is 5.99. The highest BCUT2D eigenvalue weighted by Gasteiger charge is 1.93. The van der Waals surface area contributed by atoms with Gasteiger partial charge >= 0.3 is 0 Å². The monoisotopic (exact) mass is 157 g/mol. The lowest BCUT2D eigenvalue weighted by atomic mass is 10.3. The fourth-order valence-electron chi connectivity index (χ4n) is 0.521. The summed E-state index contributed by atoms with van der Waals surface area (Å²) in [5.74, 6) is -0.319. The number of hydrogen-bond acceptors (Lipinski definition) is 2. The second-order valence-corrected chi connectivity index (χ2v) is 2.54. The second-order valence-electron chi connectivity index (χ2n) is 2.54. The van der Waals surface area contributed by atoms with E-state index in [9.17, 15) is 4.79 Å². The number of rotatable bonds is 6. The van der Waals surface area contributed by atoms with Gasteiger partial charge in [0.1, 0.15) is 0 Å². The predicted molar refractivity (Wildman–Crippen MR) is 44.1 cm³/mol. The molecule has 0 aliphatic carbocycles. The van der Waals surface area contributed by atoms with Gasteiger partial charge in [-0.15, -0.1) is 6.58 Å². The summed E-state index contributed by atoms with van der Waals surface area (Å²) in [6.45, 7) is 6.71. The molecule has 0 rings (SSSR count). The van der Waals surface area contributed by atoms with Crippen molar-refractivity contribution in [2.75, 3.05) is 13.2 Å². The minimum absolute atomic E-state index is 0.302. The molecule has 3 nitrogen and oxygen atoms in total. The van der Waals surface area contributed by atoms with Gasteiger partial charge in [-0.25, -0.2) is 0 Å². The normalized spacial score (nSPS) is 9.55. The molecule has 2 N–H and O–H groups in total. The van der Waals surface area contributed by atoms with Crippen molar-refractivity contribution < 1.29 is 9.53 Å². The van der Waals surface area contributed by atoms with Crippen LogP contribution in [0.15, 0.2) is 12.2 Å². The Labute approximate surface area is 67.2 Å². The van der Waals surface area contributed by atoms with Crippen molar-refractivity contribution in [1.29, 1.82) is 0 Å². The maximum Gasteiger partial charge on any atom is 0.219 e. The highest BCUT2D eigenvalue weighted by atomic mass is 16.5. The number of amides is 1. The summed E-state index contributed by atoms with van der Waals surface area (Å²) in [7, 11) is 0. The molecule has 0 fully saturated rings. The largest absolute Gasteiger partial charge is 0.381 e. The summed E-state index contributed by atoms with van der Waals surface area (Å²) in [6, 6.07) is 0. The number of carbonyl (C=O) groups excluding carboxylic acids is 1. The maximum atomic E-state index is 10.2. The molecule has 0 unspecified atom stereocenters. The molecule has 3 heteroatoms. The van der Waals surface area contributed by atoms with Gasteiger partial charge in [-0.05, 0) is 13.3 Å². The van der Waals surface area contributed by atoms with Crippen LogP contribution in [-0.2, 0) is 9.53 Å². The molecule has 0 saturated heterocycles. The van der Waals surface area contributed by atoms with Gasteiger partial charge < -0.3 is 10.5 Å². The maximum absolute atomic E-state index is 10.2. The first-order chi connectivity index (χ1) is 5.13. The molecule has 0 aliphatic rings. The van der Waals surface area contributed by atoms with E-state index in [1.54, 1.807) is 0 Å². The number of ether oxygens (including phenoxy) is 1. The molecule has 64 valence electrons. The number of carbonyl (C=O) groups is 1. The summed E-state index contributed by atoms with van der Waals surface area (Å²) < 4.78 is 5.09. The van der Waals surface area contributed by atoms with E-state index in [2.05, 4.69) is 6.58 Å². The zero-order valence-corrected chi connectivity index (χ0v) is 6.93. The van der Waals surface area contributed by atoms with E-state index in [1.807, 2.05) is 6.92 Å². The fourth-order valence-corrected chi connectivity index (χ4v) is 0.521. The van der Waals surface area contributed by atoms with E-state index >= 15 is 0 Å². The molecule has 11 heavy (non-hydrogen) atoms. The van der Waals surface area contributed by atoms with Crippen molar-refractivity contribution in [3.63, 3.8) is 0 Å². The number of nitrogens with two attached hydrogens (primary N) is 1. The third-order valence-electron chi connectivity index (χ3n) is 1.17. The van der Waals surface area contributed by atoms with Crippen LogP contribution in [0.25, 0.3) is 0 Å². The number of hydrogen-bond donors (Lipinski definition) is 1. The number of primary amides is 1. The van der Waals surface area contributed by atoms with Crippen molar-refractivity contribution in [2.45, 2.75) is 19.8 Å². The Morgan fingerprint density at radius 3 is 2.45 bits per heavy atom. The molecule has 0 aliphatic heterocycles. The van der Waals surface area contributed by atoms with Crippen LogP contribution in [0.2, 0.25) is 0 Å². The van der Waals surface area contributed by atoms with E-state index in [-0.39, 0.29) is 5.91 Å². The Kier molecular flexibility index (Phi) is 5.47. The highest BCUT2D eigenvalue weighted by molar-refractivity contribution is 5.73. The average molecular weight is 157 g/mol. The van der Waals surface area contributed by atoms with Gasteiger partial charge in [-0.3, -0.25) is 4.79 Å². The van der Waals surface area contributed by atoms with Crippen LogP contribution in [0.1, 0.15) is 19.8 Å². The van der Waals surface area contributed by atoms with Crippen LogP contribution >= 0.6 is 0 Å². The molecule has 0 bridgehead atoms. The van der Waals surface area contributed by atoms with Crippen LogP contribution in [-0.4, -0.2) is 19.1 Å². The standard InChI is InChI=1S/C8H15NO2/c1-7(2)3-5-11-6-4-8(9)10/h1,3-6H2,2H3,(H2,9,10). The van der Waals surface area contributed by atoms with E-state index in [0.29, 0.717) is 19.6 Å². The minimum atomic E-state index is -0.319. The van der Waals surface area contributed by atoms with E-state index in [1.165, 1.54) is 0 Å². The van der Waals surface area contributed by atoms with Gasteiger partial charge in [0.2, 0.25) is 5.91 Å². The second kappa shape index (κ2) is 5.92. The van der Waals surface area contributed by atoms with Crippen LogP contribution < -0.4 is 5.73 Å². The third-order valence-corrected chi connectivity index (χ3v) is 1.17. The first kappa shape index (κ1) is 10.2. The van der Waals surface area contributed by atoms with Crippen LogP contribution in [0.4, 0.5) is 0 Å². The molecule has 0 radical (unpaired) electrons. The minimum Gasteiger partial charge on any atom is -0.381 e. The Morgan fingerprint density at radius 2 is 2.00 bits per heavy atom. The highest BCUT2D eigenvalue weighted by Crippen LogP contribution is 1.95. The Hall–Kier alpha value is -0.830. The van der Waals surface area contributed by atoms with Crippen LogP contribution in [0.5, 0.6) is 0 Å². The smallest absolute Gasteiger partial charge is 0.219 e. The van der Waals surface area contributed by atoms with Crippen molar-refractivity contribution in [3.8, 4) is 0 Å². The zero-order chi connectivity index (χ0) is 8.69. The molecule has 0 aromatic rings. The summed E-state index contributed by atoms with van der Waals surface area (Å²) in [6.07, 6.45) is 1.15. The summed E-state index contributed by atoms with van der Waals surface area (Å²) >= 11 is 0. The SMILES string of the molecule is C=C(C)CCOCCC(N)=O. The van der Waals surface area contributed by atoms with E-state index in [0.717, 1.165) is 12.0 Å². The lowest BCUT2D eigenvalue weighted by Gasteiger charge is -2.01. The van der Waals surface area contributed by atoms with Crippen LogP contribution in [0, 0.1) is 0 Å². The Morgan fingerprint density at radius 1 is 1.45 bits per heavy atom. The Balaban J connectivity index is 3.03. The molecular formula is C8H15NO2. The van der Waals surface area contributed by atoms with Gasteiger partial charge in [0, 0.05) is 6.42 Å². The lowest BCUT2D eigenvalue weighted by Crippen LogP contribution is -2.13. The average Bonchev–Trinajstić information content (AvgIpc) is 1.85. The molecular weight excluding hydrogens is 142 g/mol. The summed E-state index contributed by atoms with van der Waals surface area (Å²) in [4.78, 5) is 10.2. The quantitative estimate of drug-likeness (QED) is 0.459. The zero-order valence-electron chi connectivity index (χ0n) is 6.93. The van der Waals surface area contributed by atoms with E-state index in [4.69, 9.17) is 10.5 Å². The molecule has 0 aromatic carbocycles. The van der Waals surface area contributed by atoms with Crippen molar-refractivity contribution in [3.05, 3.63) is 12.2 Å². The fraction of sp³-hybridized carbons (Fsp3) is 0.625. The van der Waals surface area contributed by atoms with Crippen molar-refractivity contribution in [2.24, 2.45) is 5.73 Å². The molecule has 1 amide bonds. The third kappa shape index (κ3) is 9.17. The Bertz CT molecular complexity index is 127. The first-order valence-corrected chi connectivity index (χ1v) is 3.63. The summed E-state index contributed by atoms with van der Waals surface area (Å²) in [5, 5.41) is 0. The molecule has 0 atom stereocenters.